The van der Waals surface area contributed by atoms with E-state index in [0.717, 1.165) is 25.7 Å². The summed E-state index contributed by atoms with van der Waals surface area (Å²) in [5.74, 6) is 1.20. The number of rotatable bonds is 34. The Balaban J connectivity index is 3.26. The first-order valence-corrected chi connectivity index (χ1v) is 19.2. The third-order valence-electron chi connectivity index (χ3n) is 7.92. The van der Waals surface area contributed by atoms with Crippen molar-refractivity contribution in [1.29, 1.82) is 0 Å². The second-order valence-electron chi connectivity index (χ2n) is 12.0. The SMILES string of the molecule is CCCCCCCCCCCCCCCOC(=O)CCSCCC(=O)OCCCCCCCCCCCCCCC. The highest BCUT2D eigenvalue weighted by Crippen LogP contribution is 2.14. The molecule has 0 bridgehead atoms. The molecular weight excluding hydrogens is 528 g/mol. The Morgan fingerprint density at radius 1 is 0.390 bits per heavy atom. The van der Waals surface area contributed by atoms with Crippen molar-refractivity contribution in [2.45, 2.75) is 194 Å². The lowest BCUT2D eigenvalue weighted by Gasteiger charge is -2.06. The van der Waals surface area contributed by atoms with Gasteiger partial charge in [-0.2, -0.15) is 11.8 Å². The van der Waals surface area contributed by atoms with Crippen molar-refractivity contribution in [2.24, 2.45) is 0 Å². The maximum absolute atomic E-state index is 11.9. The standard InChI is InChI=1S/C36H70O4S/c1-3-5-7-9-11-13-15-17-19-21-23-25-27-31-39-35(37)29-33-41-34-30-36(38)40-32-28-26-24-22-20-18-16-14-12-10-8-6-4-2/h3-34H2,1-2H3. The van der Waals surface area contributed by atoms with Crippen LogP contribution in [0, 0.1) is 0 Å². The van der Waals surface area contributed by atoms with Gasteiger partial charge in [0.15, 0.2) is 0 Å². The van der Waals surface area contributed by atoms with Crippen LogP contribution in [0.2, 0.25) is 0 Å². The van der Waals surface area contributed by atoms with E-state index in [1.807, 2.05) is 0 Å². The summed E-state index contributed by atoms with van der Waals surface area (Å²) in [6.45, 7) is 5.64. The summed E-state index contributed by atoms with van der Waals surface area (Å²) in [5, 5.41) is 0. The van der Waals surface area contributed by atoms with E-state index in [2.05, 4.69) is 13.8 Å². The van der Waals surface area contributed by atoms with E-state index in [0.29, 0.717) is 37.6 Å². The summed E-state index contributed by atoms with van der Waals surface area (Å²) in [4.78, 5) is 23.8. The summed E-state index contributed by atoms with van der Waals surface area (Å²) in [7, 11) is 0. The molecule has 244 valence electrons. The summed E-state index contributed by atoms with van der Waals surface area (Å²) in [5.41, 5.74) is 0. The minimum absolute atomic E-state index is 0.110. The highest BCUT2D eigenvalue weighted by Gasteiger charge is 2.06. The van der Waals surface area contributed by atoms with E-state index in [-0.39, 0.29) is 11.9 Å². The van der Waals surface area contributed by atoms with Gasteiger partial charge in [-0.25, -0.2) is 0 Å². The van der Waals surface area contributed by atoms with Crippen LogP contribution < -0.4 is 0 Å². The third-order valence-corrected chi connectivity index (χ3v) is 8.91. The van der Waals surface area contributed by atoms with E-state index in [1.165, 1.54) is 141 Å². The molecule has 0 unspecified atom stereocenters. The number of carbonyl (C=O) groups is 2. The zero-order valence-corrected chi connectivity index (χ0v) is 28.5. The third kappa shape index (κ3) is 35.4. The van der Waals surface area contributed by atoms with Crippen molar-refractivity contribution in [2.75, 3.05) is 24.7 Å². The number of hydrogen-bond acceptors (Lipinski definition) is 5. The Hall–Kier alpha value is -0.710. The highest BCUT2D eigenvalue weighted by atomic mass is 32.2. The van der Waals surface area contributed by atoms with Crippen LogP contribution in [0.3, 0.4) is 0 Å². The van der Waals surface area contributed by atoms with Crippen LogP contribution >= 0.6 is 11.8 Å². The van der Waals surface area contributed by atoms with Crippen molar-refractivity contribution in [1.82, 2.24) is 0 Å². The predicted octanol–water partition coefficient (Wildman–Crippen LogP) is 11.8. The lowest BCUT2D eigenvalue weighted by atomic mass is 10.0. The molecule has 0 atom stereocenters. The van der Waals surface area contributed by atoms with E-state index in [9.17, 15) is 9.59 Å². The molecule has 41 heavy (non-hydrogen) atoms. The van der Waals surface area contributed by atoms with E-state index in [4.69, 9.17) is 9.47 Å². The van der Waals surface area contributed by atoms with Crippen LogP contribution in [0.1, 0.15) is 194 Å². The molecule has 0 rings (SSSR count). The van der Waals surface area contributed by atoms with Gasteiger partial charge in [0.2, 0.25) is 0 Å². The minimum atomic E-state index is -0.110. The van der Waals surface area contributed by atoms with Crippen molar-refractivity contribution in [3.63, 3.8) is 0 Å². The first-order valence-electron chi connectivity index (χ1n) is 18.1. The molecule has 0 saturated carbocycles. The molecule has 0 radical (unpaired) electrons. The van der Waals surface area contributed by atoms with Crippen LogP contribution in [0.15, 0.2) is 0 Å². The van der Waals surface area contributed by atoms with Crippen LogP contribution in [0.5, 0.6) is 0 Å². The number of esters is 2. The van der Waals surface area contributed by atoms with Crippen LogP contribution in [-0.2, 0) is 19.1 Å². The first kappa shape index (κ1) is 40.3. The normalized spacial score (nSPS) is 11.2. The van der Waals surface area contributed by atoms with Crippen molar-refractivity contribution in [3.8, 4) is 0 Å². The first-order chi connectivity index (χ1) is 20.2. The highest BCUT2D eigenvalue weighted by molar-refractivity contribution is 7.99. The molecule has 0 aliphatic carbocycles. The largest absolute Gasteiger partial charge is 0.466 e. The van der Waals surface area contributed by atoms with E-state index >= 15 is 0 Å². The summed E-state index contributed by atoms with van der Waals surface area (Å²) in [6.07, 6.45) is 35.2. The average molecular weight is 599 g/mol. The van der Waals surface area contributed by atoms with Gasteiger partial charge in [0.1, 0.15) is 0 Å². The lowest BCUT2D eigenvalue weighted by Crippen LogP contribution is -2.09. The summed E-state index contributed by atoms with van der Waals surface area (Å²) >= 11 is 1.63. The fourth-order valence-electron chi connectivity index (χ4n) is 5.17. The van der Waals surface area contributed by atoms with E-state index < -0.39 is 0 Å². The number of unbranched alkanes of at least 4 members (excludes halogenated alkanes) is 24. The van der Waals surface area contributed by atoms with Crippen LogP contribution in [0.4, 0.5) is 0 Å². The predicted molar refractivity (Wildman–Crippen MR) is 180 cm³/mol. The fourth-order valence-corrected chi connectivity index (χ4v) is 6.00. The van der Waals surface area contributed by atoms with Gasteiger partial charge in [-0.3, -0.25) is 9.59 Å². The monoisotopic (exact) mass is 598 g/mol. The van der Waals surface area contributed by atoms with Gasteiger partial charge >= 0.3 is 11.9 Å². The smallest absolute Gasteiger partial charge is 0.306 e. The van der Waals surface area contributed by atoms with Gasteiger partial charge in [-0.05, 0) is 12.8 Å². The van der Waals surface area contributed by atoms with Gasteiger partial charge in [0.25, 0.3) is 0 Å². The quantitative estimate of drug-likeness (QED) is 0.0544. The molecule has 0 heterocycles. The van der Waals surface area contributed by atoms with Gasteiger partial charge in [0.05, 0.1) is 26.1 Å². The zero-order chi connectivity index (χ0) is 29.9. The Morgan fingerprint density at radius 2 is 0.634 bits per heavy atom. The topological polar surface area (TPSA) is 52.6 Å². The number of ether oxygens (including phenoxy) is 2. The van der Waals surface area contributed by atoms with Crippen molar-refractivity contribution >= 4 is 23.7 Å². The molecular formula is C36H70O4S. The molecule has 0 aliphatic rings. The fraction of sp³-hybridized carbons (Fsp3) is 0.944. The minimum Gasteiger partial charge on any atom is -0.466 e. The number of thioether (sulfide) groups is 1. The Labute approximate surface area is 260 Å². The number of hydrogen-bond donors (Lipinski definition) is 0. The van der Waals surface area contributed by atoms with Gasteiger partial charge in [0, 0.05) is 11.5 Å². The molecule has 0 saturated heterocycles. The molecule has 4 nitrogen and oxygen atoms in total. The second kappa shape index (κ2) is 35.5. The average Bonchev–Trinajstić information content (AvgIpc) is 2.97. The van der Waals surface area contributed by atoms with E-state index in [1.54, 1.807) is 11.8 Å². The molecule has 0 aromatic heterocycles. The van der Waals surface area contributed by atoms with Crippen LogP contribution in [0.25, 0.3) is 0 Å². The molecule has 0 aromatic carbocycles. The van der Waals surface area contributed by atoms with Gasteiger partial charge in [-0.15, -0.1) is 0 Å². The maximum Gasteiger partial charge on any atom is 0.306 e. The molecule has 5 heteroatoms. The molecule has 0 aromatic rings. The van der Waals surface area contributed by atoms with Crippen molar-refractivity contribution in [3.05, 3.63) is 0 Å². The maximum atomic E-state index is 11.9. The Morgan fingerprint density at radius 3 is 0.902 bits per heavy atom. The molecule has 0 N–H and O–H groups in total. The van der Waals surface area contributed by atoms with Gasteiger partial charge < -0.3 is 9.47 Å². The Kier molecular flexibility index (Phi) is 34.9. The van der Waals surface area contributed by atoms with Crippen LogP contribution in [-0.4, -0.2) is 36.7 Å². The second-order valence-corrected chi connectivity index (χ2v) is 13.3. The molecule has 0 aliphatic heterocycles. The molecule has 0 fully saturated rings. The lowest BCUT2D eigenvalue weighted by molar-refractivity contribution is -0.144. The summed E-state index contributed by atoms with van der Waals surface area (Å²) in [6, 6.07) is 0. The summed E-state index contributed by atoms with van der Waals surface area (Å²) < 4.78 is 10.7. The molecule has 0 spiro atoms. The van der Waals surface area contributed by atoms with Gasteiger partial charge in [-0.1, -0.05) is 168 Å². The molecule has 0 amide bonds. The zero-order valence-electron chi connectivity index (χ0n) is 27.7. The van der Waals surface area contributed by atoms with Crippen molar-refractivity contribution < 1.29 is 19.1 Å². The number of carbonyl (C=O) groups excluding carboxylic acids is 2. The Bertz CT molecular complexity index is 494.